The molecule has 0 aromatic rings. The Hall–Kier alpha value is -0.750. The van der Waals surface area contributed by atoms with Crippen molar-refractivity contribution in [3.8, 4) is 0 Å². The average molecular weight is 246 g/mol. The summed E-state index contributed by atoms with van der Waals surface area (Å²) < 4.78 is 0. The molecular weight excluding hydrogens is 228 g/mol. The molecule has 1 saturated heterocycles. The lowest BCUT2D eigenvalue weighted by Crippen LogP contribution is -2.57. The summed E-state index contributed by atoms with van der Waals surface area (Å²) in [5.74, 6) is 0.573. The largest absolute Gasteiger partial charge is 0.480 e. The van der Waals surface area contributed by atoms with Crippen molar-refractivity contribution in [3.05, 3.63) is 0 Å². The second kappa shape index (κ2) is 5.54. The van der Waals surface area contributed by atoms with E-state index in [4.69, 9.17) is 0 Å². The molecular formula is C10H18N2O3S. The maximum absolute atomic E-state index is 11.4. The number of carbonyl (C=O) groups excluding carboxylic acids is 1. The number of carboxylic acid groups (broad SMARTS) is 1. The molecule has 16 heavy (non-hydrogen) atoms. The molecule has 0 radical (unpaired) electrons. The molecule has 0 bridgehead atoms. The van der Waals surface area contributed by atoms with Gasteiger partial charge in [0.2, 0.25) is 5.91 Å². The number of amides is 1. The minimum absolute atomic E-state index is 0.0832. The van der Waals surface area contributed by atoms with E-state index in [0.717, 1.165) is 12.2 Å². The number of carboxylic acids is 1. The third kappa shape index (κ3) is 3.12. The Morgan fingerprint density at radius 1 is 1.50 bits per heavy atom. The summed E-state index contributed by atoms with van der Waals surface area (Å²) in [7, 11) is 3.32. The molecule has 0 aromatic heterocycles. The molecule has 1 amide bonds. The van der Waals surface area contributed by atoms with Crippen molar-refractivity contribution in [3.63, 3.8) is 0 Å². The van der Waals surface area contributed by atoms with E-state index in [9.17, 15) is 14.7 Å². The van der Waals surface area contributed by atoms with Gasteiger partial charge < -0.3 is 10.0 Å². The highest BCUT2D eigenvalue weighted by molar-refractivity contribution is 7.99. The van der Waals surface area contributed by atoms with Gasteiger partial charge in [-0.2, -0.15) is 11.8 Å². The first-order valence-corrected chi connectivity index (χ1v) is 6.40. The van der Waals surface area contributed by atoms with Gasteiger partial charge >= 0.3 is 5.97 Å². The molecule has 0 saturated carbocycles. The smallest absolute Gasteiger partial charge is 0.324 e. The van der Waals surface area contributed by atoms with Crippen molar-refractivity contribution in [2.45, 2.75) is 18.4 Å². The first-order valence-electron chi connectivity index (χ1n) is 5.24. The molecule has 1 aliphatic heterocycles. The fourth-order valence-electron chi connectivity index (χ4n) is 1.58. The monoisotopic (exact) mass is 246 g/mol. The summed E-state index contributed by atoms with van der Waals surface area (Å²) in [6.45, 7) is 0.0832. The van der Waals surface area contributed by atoms with Crippen LogP contribution in [0.2, 0.25) is 0 Å². The lowest BCUT2D eigenvalue weighted by atomic mass is 9.95. The van der Waals surface area contributed by atoms with Gasteiger partial charge in [-0.25, -0.2) is 0 Å². The fraction of sp³-hybridized carbons (Fsp3) is 0.800. The van der Waals surface area contributed by atoms with E-state index in [1.807, 2.05) is 0 Å². The second-order valence-corrected chi connectivity index (χ2v) is 5.29. The van der Waals surface area contributed by atoms with Crippen LogP contribution in [0.15, 0.2) is 0 Å². The zero-order valence-corrected chi connectivity index (χ0v) is 10.5. The Bertz CT molecular complexity index is 275. The maximum Gasteiger partial charge on any atom is 0.324 e. The van der Waals surface area contributed by atoms with Crippen molar-refractivity contribution in [1.29, 1.82) is 0 Å². The summed E-state index contributed by atoms with van der Waals surface area (Å²) >= 11 is 1.62. The highest BCUT2D eigenvalue weighted by Crippen LogP contribution is 2.26. The molecule has 1 unspecified atom stereocenters. The van der Waals surface area contributed by atoms with Gasteiger partial charge in [-0.15, -0.1) is 0 Å². The molecule has 6 heteroatoms. The molecule has 92 valence electrons. The van der Waals surface area contributed by atoms with Gasteiger partial charge in [-0.3, -0.25) is 14.9 Å². The first kappa shape index (κ1) is 13.3. The van der Waals surface area contributed by atoms with Gasteiger partial charge in [-0.05, 0) is 18.6 Å². The quantitative estimate of drug-likeness (QED) is 0.731. The third-order valence-corrected chi connectivity index (χ3v) is 4.00. The van der Waals surface area contributed by atoms with Crippen LogP contribution in [0.25, 0.3) is 0 Å². The predicted octanol–water partition coefficient (Wildman–Crippen LogP) is 0.0146. The molecule has 1 rings (SSSR count). The van der Waals surface area contributed by atoms with Gasteiger partial charge in [-0.1, -0.05) is 0 Å². The van der Waals surface area contributed by atoms with E-state index < -0.39 is 11.5 Å². The lowest BCUT2D eigenvalue weighted by molar-refractivity contribution is -0.144. The number of likely N-dealkylation sites (N-methyl/N-ethyl adjacent to an activating group) is 1. The summed E-state index contributed by atoms with van der Waals surface area (Å²) in [5, 5.41) is 12.1. The number of hydrogen-bond acceptors (Lipinski definition) is 4. The topological polar surface area (TPSA) is 69.6 Å². The van der Waals surface area contributed by atoms with Crippen LogP contribution in [0.1, 0.15) is 12.8 Å². The number of nitrogens with one attached hydrogen (secondary N) is 1. The van der Waals surface area contributed by atoms with Crippen LogP contribution in [-0.2, 0) is 9.59 Å². The van der Waals surface area contributed by atoms with Crippen molar-refractivity contribution >= 4 is 23.6 Å². The summed E-state index contributed by atoms with van der Waals surface area (Å²) in [4.78, 5) is 24.1. The Labute approximate surface area is 99.6 Å². The van der Waals surface area contributed by atoms with Gasteiger partial charge in [0, 0.05) is 19.8 Å². The van der Waals surface area contributed by atoms with Crippen LogP contribution >= 0.6 is 11.8 Å². The molecule has 5 nitrogen and oxygen atoms in total. The van der Waals surface area contributed by atoms with E-state index in [0.29, 0.717) is 12.2 Å². The molecule has 1 heterocycles. The minimum Gasteiger partial charge on any atom is -0.480 e. The molecule has 0 aromatic carbocycles. The van der Waals surface area contributed by atoms with Gasteiger partial charge in [0.1, 0.15) is 5.54 Å². The number of rotatable bonds is 4. The van der Waals surface area contributed by atoms with Crippen LogP contribution in [0, 0.1) is 0 Å². The summed E-state index contributed by atoms with van der Waals surface area (Å²) in [5.41, 5.74) is -0.922. The normalized spacial score (nSPS) is 25.1. The summed E-state index contributed by atoms with van der Waals surface area (Å²) in [6.07, 6.45) is 1.47. The van der Waals surface area contributed by atoms with Crippen molar-refractivity contribution < 1.29 is 14.7 Å². The SMILES string of the molecule is CN(C)C(=O)CNC1(C(=O)O)CCCSC1. The highest BCUT2D eigenvalue weighted by Gasteiger charge is 2.40. The molecule has 2 N–H and O–H groups in total. The van der Waals surface area contributed by atoms with E-state index in [2.05, 4.69) is 5.32 Å². The standard InChI is InChI=1S/C10H18N2O3S/c1-12(2)8(13)6-11-10(9(14)15)4-3-5-16-7-10/h11H,3-7H2,1-2H3,(H,14,15). The Balaban J connectivity index is 2.58. The molecule has 0 aliphatic carbocycles. The highest BCUT2D eigenvalue weighted by atomic mass is 32.2. The maximum atomic E-state index is 11.4. The van der Waals surface area contributed by atoms with Gasteiger partial charge in [0.15, 0.2) is 0 Å². The molecule has 1 atom stereocenters. The third-order valence-electron chi connectivity index (χ3n) is 2.73. The average Bonchev–Trinajstić information content (AvgIpc) is 2.26. The van der Waals surface area contributed by atoms with Crippen LogP contribution in [0.5, 0.6) is 0 Å². The minimum atomic E-state index is -0.922. The molecule has 0 spiro atoms. The number of hydrogen-bond donors (Lipinski definition) is 2. The van der Waals surface area contributed by atoms with Crippen LogP contribution in [0.4, 0.5) is 0 Å². The van der Waals surface area contributed by atoms with E-state index >= 15 is 0 Å². The van der Waals surface area contributed by atoms with Crippen LogP contribution in [-0.4, -0.2) is 59.6 Å². The van der Waals surface area contributed by atoms with Gasteiger partial charge in [0.25, 0.3) is 0 Å². The number of carbonyl (C=O) groups is 2. The zero-order chi connectivity index (χ0) is 12.2. The van der Waals surface area contributed by atoms with E-state index in [1.54, 1.807) is 25.9 Å². The molecule has 1 fully saturated rings. The number of nitrogens with zero attached hydrogens (tertiary/aromatic N) is 1. The number of thioether (sulfide) groups is 1. The Kier molecular flexibility index (Phi) is 4.61. The van der Waals surface area contributed by atoms with Crippen LogP contribution in [0.3, 0.4) is 0 Å². The van der Waals surface area contributed by atoms with E-state index in [1.165, 1.54) is 4.90 Å². The van der Waals surface area contributed by atoms with E-state index in [-0.39, 0.29) is 12.5 Å². The predicted molar refractivity (Wildman–Crippen MR) is 63.6 cm³/mol. The van der Waals surface area contributed by atoms with Gasteiger partial charge in [0.05, 0.1) is 6.54 Å². The molecule has 1 aliphatic rings. The Morgan fingerprint density at radius 2 is 2.19 bits per heavy atom. The Morgan fingerprint density at radius 3 is 2.62 bits per heavy atom. The van der Waals surface area contributed by atoms with Crippen molar-refractivity contribution in [2.75, 3.05) is 32.1 Å². The fourth-order valence-corrected chi connectivity index (χ4v) is 2.79. The summed E-state index contributed by atoms with van der Waals surface area (Å²) in [6, 6.07) is 0. The second-order valence-electron chi connectivity index (χ2n) is 4.19. The van der Waals surface area contributed by atoms with Crippen molar-refractivity contribution in [2.24, 2.45) is 0 Å². The lowest BCUT2D eigenvalue weighted by Gasteiger charge is -2.33. The number of aliphatic carboxylic acids is 1. The zero-order valence-electron chi connectivity index (χ0n) is 9.65. The first-order chi connectivity index (χ1) is 7.48. The van der Waals surface area contributed by atoms with Crippen molar-refractivity contribution in [1.82, 2.24) is 10.2 Å². The van der Waals surface area contributed by atoms with Crippen LogP contribution < -0.4 is 5.32 Å².